The van der Waals surface area contributed by atoms with Crippen LogP contribution in [-0.4, -0.2) is 31.4 Å². The van der Waals surface area contributed by atoms with E-state index in [9.17, 15) is 22.4 Å². The van der Waals surface area contributed by atoms with Crippen molar-refractivity contribution in [2.45, 2.75) is 58.1 Å². The molecule has 0 amide bonds. The molecule has 36 heavy (non-hydrogen) atoms. The van der Waals surface area contributed by atoms with Gasteiger partial charge in [-0.3, -0.25) is 4.79 Å². The number of methoxy groups -OCH3 is 1. The van der Waals surface area contributed by atoms with Gasteiger partial charge >= 0.3 is 19.3 Å². The van der Waals surface area contributed by atoms with Crippen LogP contribution in [0.5, 0.6) is 5.75 Å². The van der Waals surface area contributed by atoms with Crippen LogP contribution in [-0.2, 0) is 38.0 Å². The summed E-state index contributed by atoms with van der Waals surface area (Å²) in [5.74, 6) is -1.08. The molecule has 0 atom stereocenters. The number of esters is 1. The average Bonchev–Trinajstić information content (AvgIpc) is 3.30. The predicted octanol–water partition coefficient (Wildman–Crippen LogP) is 5.18. The van der Waals surface area contributed by atoms with Gasteiger partial charge in [-0.15, -0.1) is 0 Å². The van der Waals surface area contributed by atoms with Gasteiger partial charge in [0.2, 0.25) is 0 Å². The zero-order chi connectivity index (χ0) is 26.5. The Morgan fingerprint density at radius 1 is 1.06 bits per heavy atom. The molecule has 2 heterocycles. The minimum Gasteiger partial charge on any atom is -0.488 e. The Morgan fingerprint density at radius 3 is 2.33 bits per heavy atom. The van der Waals surface area contributed by atoms with Crippen molar-refractivity contribution < 1.29 is 45.6 Å². The smallest absolute Gasteiger partial charge is 0.488 e. The van der Waals surface area contributed by atoms with Gasteiger partial charge in [-0.2, -0.15) is 13.2 Å². The number of hydrogen-bond acceptors (Lipinski definition) is 6. The van der Waals surface area contributed by atoms with Gasteiger partial charge < -0.3 is 23.2 Å². The Kier molecular flexibility index (Phi) is 6.59. The van der Waals surface area contributed by atoms with Crippen LogP contribution in [0.1, 0.15) is 44.4 Å². The van der Waals surface area contributed by atoms with Gasteiger partial charge in [0.1, 0.15) is 35.6 Å². The van der Waals surface area contributed by atoms with Crippen LogP contribution in [0.15, 0.2) is 41.0 Å². The van der Waals surface area contributed by atoms with Crippen LogP contribution in [0.3, 0.4) is 0 Å². The Bertz CT molecular complexity index is 1280. The second-order valence-corrected chi connectivity index (χ2v) is 9.59. The molecular weight excluding hydrogens is 483 g/mol. The number of rotatable bonds is 6. The summed E-state index contributed by atoms with van der Waals surface area (Å²) >= 11 is 0. The lowest BCUT2D eigenvalue weighted by molar-refractivity contribution is -0.140. The molecule has 192 valence electrons. The number of fused-ring (bicyclic) bond motifs is 1. The summed E-state index contributed by atoms with van der Waals surface area (Å²) in [6, 6.07) is 6.54. The first-order chi connectivity index (χ1) is 16.7. The SMILES string of the molecule is COC(=O)Cc1ccc(F)cc1OCc1cc(B2OC(C)(C)C(C)(C)O2)c2occ(C(F)(F)F)c2c1. The highest BCUT2D eigenvalue weighted by atomic mass is 19.4. The van der Waals surface area contributed by atoms with E-state index in [4.69, 9.17) is 18.5 Å². The van der Waals surface area contributed by atoms with Crippen molar-refractivity contribution >= 4 is 29.5 Å². The molecule has 0 saturated carbocycles. The molecule has 1 aliphatic heterocycles. The molecule has 1 aliphatic rings. The molecule has 0 spiro atoms. The molecule has 0 aliphatic carbocycles. The molecule has 3 aromatic rings. The monoisotopic (exact) mass is 508 g/mol. The van der Waals surface area contributed by atoms with Gasteiger partial charge in [-0.05, 0) is 45.4 Å². The normalized spacial score (nSPS) is 17.0. The molecule has 4 rings (SSSR count). The van der Waals surface area contributed by atoms with E-state index in [0.29, 0.717) is 17.4 Å². The summed E-state index contributed by atoms with van der Waals surface area (Å²) in [6.45, 7) is 7.09. The summed E-state index contributed by atoms with van der Waals surface area (Å²) in [4.78, 5) is 11.7. The van der Waals surface area contributed by atoms with Crippen molar-refractivity contribution in [1.29, 1.82) is 0 Å². The first-order valence-corrected chi connectivity index (χ1v) is 11.2. The van der Waals surface area contributed by atoms with Gasteiger partial charge in [0, 0.05) is 22.5 Å². The van der Waals surface area contributed by atoms with Gasteiger partial charge in [-0.1, -0.05) is 12.1 Å². The number of ether oxygens (including phenoxy) is 2. The molecular formula is C25H25BF4O6. The number of carbonyl (C=O) groups excluding carboxylic acids is 1. The van der Waals surface area contributed by atoms with Crippen LogP contribution in [0, 0.1) is 5.82 Å². The molecule has 11 heteroatoms. The van der Waals surface area contributed by atoms with Gasteiger partial charge in [-0.25, -0.2) is 4.39 Å². The van der Waals surface area contributed by atoms with Gasteiger partial charge in [0.15, 0.2) is 0 Å². The molecule has 1 saturated heterocycles. The van der Waals surface area contributed by atoms with E-state index in [1.54, 1.807) is 6.07 Å². The van der Waals surface area contributed by atoms with E-state index in [-0.39, 0.29) is 35.2 Å². The first-order valence-electron chi connectivity index (χ1n) is 11.2. The lowest BCUT2D eigenvalue weighted by Gasteiger charge is -2.32. The topological polar surface area (TPSA) is 67.1 Å². The minimum absolute atomic E-state index is 0.0123. The maximum absolute atomic E-state index is 13.9. The fraction of sp³-hybridized carbons (Fsp3) is 0.400. The highest BCUT2D eigenvalue weighted by Gasteiger charge is 2.52. The van der Waals surface area contributed by atoms with Crippen molar-refractivity contribution in [3.05, 3.63) is 59.1 Å². The predicted molar refractivity (Wildman–Crippen MR) is 123 cm³/mol. The fourth-order valence-corrected chi connectivity index (χ4v) is 3.87. The molecule has 2 aromatic carbocycles. The quantitative estimate of drug-likeness (QED) is 0.260. The van der Waals surface area contributed by atoms with Crippen molar-refractivity contribution in [3.8, 4) is 5.75 Å². The van der Waals surface area contributed by atoms with E-state index in [1.807, 2.05) is 27.7 Å². The van der Waals surface area contributed by atoms with Crippen LogP contribution in [0.4, 0.5) is 17.6 Å². The lowest BCUT2D eigenvalue weighted by Crippen LogP contribution is -2.41. The summed E-state index contributed by atoms with van der Waals surface area (Å²) in [6.07, 6.45) is -4.16. The van der Waals surface area contributed by atoms with Crippen LogP contribution < -0.4 is 10.2 Å². The van der Waals surface area contributed by atoms with Crippen LogP contribution in [0.2, 0.25) is 0 Å². The zero-order valence-corrected chi connectivity index (χ0v) is 20.4. The molecule has 1 fully saturated rings. The number of benzene rings is 2. The van der Waals surface area contributed by atoms with E-state index >= 15 is 0 Å². The fourth-order valence-electron chi connectivity index (χ4n) is 3.87. The maximum atomic E-state index is 13.9. The summed E-state index contributed by atoms with van der Waals surface area (Å²) in [7, 11) is 0.232. The summed E-state index contributed by atoms with van der Waals surface area (Å²) in [5.41, 5.74) is -1.45. The number of carbonyl (C=O) groups is 1. The molecule has 0 unspecified atom stereocenters. The van der Waals surface area contributed by atoms with E-state index in [1.165, 1.54) is 25.3 Å². The second kappa shape index (κ2) is 9.12. The third-order valence-electron chi connectivity index (χ3n) is 6.56. The van der Waals surface area contributed by atoms with E-state index < -0.39 is 41.8 Å². The highest BCUT2D eigenvalue weighted by Crippen LogP contribution is 2.39. The number of alkyl halides is 3. The summed E-state index contributed by atoms with van der Waals surface area (Å²) in [5, 5.41) is -0.178. The maximum Gasteiger partial charge on any atom is 0.498 e. The highest BCUT2D eigenvalue weighted by molar-refractivity contribution is 6.64. The van der Waals surface area contributed by atoms with Crippen molar-refractivity contribution in [1.82, 2.24) is 0 Å². The molecule has 0 bridgehead atoms. The largest absolute Gasteiger partial charge is 0.498 e. The second-order valence-electron chi connectivity index (χ2n) is 9.59. The zero-order valence-electron chi connectivity index (χ0n) is 20.4. The third kappa shape index (κ3) is 4.94. The number of hydrogen-bond donors (Lipinski definition) is 0. The van der Waals surface area contributed by atoms with Crippen LogP contribution >= 0.6 is 0 Å². The first kappa shape index (κ1) is 26.0. The molecule has 1 aromatic heterocycles. The number of halogens is 4. The van der Waals surface area contributed by atoms with Gasteiger partial charge in [0.05, 0.1) is 24.7 Å². The average molecular weight is 508 g/mol. The Labute approximate surface area is 205 Å². The minimum atomic E-state index is -4.66. The van der Waals surface area contributed by atoms with Crippen LogP contribution in [0.25, 0.3) is 11.0 Å². The molecule has 0 radical (unpaired) electrons. The summed E-state index contributed by atoms with van der Waals surface area (Å²) < 4.78 is 82.9. The Balaban J connectivity index is 1.74. The number of furan rings is 1. The third-order valence-corrected chi connectivity index (χ3v) is 6.56. The Morgan fingerprint density at radius 2 is 1.72 bits per heavy atom. The van der Waals surface area contributed by atoms with Crippen molar-refractivity contribution in [3.63, 3.8) is 0 Å². The van der Waals surface area contributed by atoms with E-state index in [0.717, 1.165) is 6.07 Å². The standard InChI is InChI=1S/C25H25BF4O6/c1-23(2)24(3,4)36-26(35-23)19-9-14(8-17-18(25(28,29)30)13-34-22(17)19)12-33-20-11-16(27)7-6-15(20)10-21(31)32-5/h6-9,11,13H,10,12H2,1-5H3. The molecule has 0 N–H and O–H groups in total. The van der Waals surface area contributed by atoms with E-state index in [2.05, 4.69) is 4.74 Å². The lowest BCUT2D eigenvalue weighted by atomic mass is 9.77. The van der Waals surface area contributed by atoms with Crippen molar-refractivity contribution in [2.24, 2.45) is 0 Å². The van der Waals surface area contributed by atoms with Crippen molar-refractivity contribution in [2.75, 3.05) is 7.11 Å². The van der Waals surface area contributed by atoms with Gasteiger partial charge in [0.25, 0.3) is 0 Å². The Hall–Kier alpha value is -3.05. The molecule has 6 nitrogen and oxygen atoms in total.